The van der Waals surface area contributed by atoms with Crippen molar-refractivity contribution in [1.82, 2.24) is 10.3 Å². The van der Waals surface area contributed by atoms with Crippen molar-refractivity contribution in [2.75, 3.05) is 18.4 Å². The number of carboxylic acid groups (broad SMARTS) is 2. The van der Waals surface area contributed by atoms with Crippen molar-refractivity contribution in [3.05, 3.63) is 78.5 Å². The number of nitrogens with two attached hydrogens (primary N) is 5. The second-order valence-electron chi connectivity index (χ2n) is 10.9. The number of nitrogens with one attached hydrogen (secondary N) is 4. The Balaban J connectivity index is 0.000000386. The molecule has 0 bridgehead atoms. The molecule has 1 amide bonds. The number of anilines is 1. The van der Waals surface area contributed by atoms with E-state index < -0.39 is 36.0 Å². The topological polar surface area (TPSA) is 285 Å². The highest BCUT2D eigenvalue weighted by atomic mass is 35.5. The molecule has 0 aliphatic rings. The van der Waals surface area contributed by atoms with E-state index in [4.69, 9.17) is 39.2 Å². The minimum absolute atomic E-state index is 0. The lowest BCUT2D eigenvalue weighted by Gasteiger charge is -2.16. The summed E-state index contributed by atoms with van der Waals surface area (Å²) in [4.78, 5) is 35.4. The number of hydrogen-bond acceptors (Lipinski definition) is 8. The van der Waals surface area contributed by atoms with Crippen LogP contribution in [0.4, 0.5) is 5.69 Å². The Morgan fingerprint density at radius 1 is 0.833 bits per heavy atom. The summed E-state index contributed by atoms with van der Waals surface area (Å²) in [5.41, 5.74) is 28.9. The maximum Gasteiger partial charge on any atom is 0.326 e. The maximum absolute atomic E-state index is 11.3. The molecule has 0 radical (unpaired) electrons. The number of amides is 1. The van der Waals surface area contributed by atoms with E-state index >= 15 is 0 Å². The minimum atomic E-state index is -0.972. The lowest BCUT2D eigenvalue weighted by Crippen LogP contribution is -2.36. The van der Waals surface area contributed by atoms with Gasteiger partial charge in [-0.1, -0.05) is 55.0 Å². The average Bonchev–Trinajstić information content (AvgIpc) is 3.45. The highest BCUT2D eigenvalue weighted by molar-refractivity contribution is 5.87. The second-order valence-corrected chi connectivity index (χ2v) is 10.9. The zero-order valence-corrected chi connectivity index (χ0v) is 27.5. The summed E-state index contributed by atoms with van der Waals surface area (Å²) in [5, 5.41) is 34.0. The number of primary amides is 1. The zero-order chi connectivity index (χ0) is 34.8. The number of rotatable bonds is 15. The van der Waals surface area contributed by atoms with Gasteiger partial charge in [-0.05, 0) is 66.8 Å². The van der Waals surface area contributed by atoms with Crippen LogP contribution >= 0.6 is 12.4 Å². The van der Waals surface area contributed by atoms with Gasteiger partial charge in [-0.25, -0.2) is 4.79 Å². The van der Waals surface area contributed by atoms with E-state index in [1.807, 2.05) is 72.9 Å². The fourth-order valence-corrected chi connectivity index (χ4v) is 4.54. The number of aromatic nitrogens is 1. The molecule has 0 fully saturated rings. The fourth-order valence-electron chi connectivity index (χ4n) is 4.54. The summed E-state index contributed by atoms with van der Waals surface area (Å²) in [7, 11) is 0. The van der Waals surface area contributed by atoms with Crippen molar-refractivity contribution in [1.29, 1.82) is 5.41 Å². The van der Waals surface area contributed by atoms with E-state index in [-0.39, 0.29) is 18.4 Å². The van der Waals surface area contributed by atoms with E-state index in [1.54, 1.807) is 0 Å². The number of carboxylic acids is 2. The van der Waals surface area contributed by atoms with E-state index in [2.05, 4.69) is 15.6 Å². The molecule has 0 aliphatic carbocycles. The molecule has 15 heteroatoms. The van der Waals surface area contributed by atoms with E-state index in [1.165, 1.54) is 0 Å². The first-order chi connectivity index (χ1) is 22.4. The molecule has 3 atom stereocenters. The van der Waals surface area contributed by atoms with Crippen molar-refractivity contribution < 1.29 is 24.6 Å². The van der Waals surface area contributed by atoms with Crippen molar-refractivity contribution in [2.45, 2.75) is 56.7 Å². The SMILES string of the molecule is Cl.N=C(N)NCCCC(Nc1ccc2ccccc2c1)C(=O)O.NC(Cc1c[nH]c2ccccc12)C(=O)O.NCCCCC(N)C(N)=O. The second kappa shape index (κ2) is 21.8. The number of unbranched alkanes of at least 4 members (excludes halogenated alkanes) is 1. The Kier molecular flexibility index (Phi) is 18.7. The third kappa shape index (κ3) is 14.7. The minimum Gasteiger partial charge on any atom is -0.480 e. The number of fused-ring (bicyclic) bond motifs is 2. The van der Waals surface area contributed by atoms with Gasteiger partial charge in [0.2, 0.25) is 5.91 Å². The summed E-state index contributed by atoms with van der Waals surface area (Å²) in [6, 6.07) is 19.5. The summed E-state index contributed by atoms with van der Waals surface area (Å²) in [5.74, 6) is -2.40. The van der Waals surface area contributed by atoms with Gasteiger partial charge in [0, 0.05) is 35.8 Å². The Hall–Kier alpha value is -4.89. The Bertz CT molecular complexity index is 1600. The van der Waals surface area contributed by atoms with Gasteiger partial charge in [0.05, 0.1) is 6.04 Å². The monoisotopic (exact) mass is 685 g/mol. The molecule has 0 saturated heterocycles. The molecule has 4 rings (SSSR count). The number of halogens is 1. The van der Waals surface area contributed by atoms with Gasteiger partial charge in [-0.2, -0.15) is 0 Å². The zero-order valence-electron chi connectivity index (χ0n) is 26.7. The van der Waals surface area contributed by atoms with E-state index in [0.29, 0.717) is 38.8 Å². The molecule has 1 aromatic heterocycles. The molecule has 1 heterocycles. The number of benzene rings is 3. The first kappa shape index (κ1) is 41.1. The predicted molar refractivity (Wildman–Crippen MR) is 193 cm³/mol. The van der Waals surface area contributed by atoms with Crippen LogP contribution in [0.25, 0.3) is 21.7 Å². The number of para-hydroxylation sites is 1. The molecule has 0 saturated carbocycles. The first-order valence-electron chi connectivity index (χ1n) is 15.3. The summed E-state index contributed by atoms with van der Waals surface area (Å²) < 4.78 is 0. The quantitative estimate of drug-likeness (QED) is 0.0491. The molecule has 16 N–H and O–H groups in total. The molecule has 0 spiro atoms. The van der Waals surface area contributed by atoms with Crippen LogP contribution in [0.2, 0.25) is 0 Å². The van der Waals surface area contributed by atoms with Gasteiger partial charge >= 0.3 is 11.9 Å². The van der Waals surface area contributed by atoms with Crippen molar-refractivity contribution in [3.63, 3.8) is 0 Å². The van der Waals surface area contributed by atoms with Crippen LogP contribution in [0.5, 0.6) is 0 Å². The van der Waals surface area contributed by atoms with Gasteiger partial charge in [-0.15, -0.1) is 12.4 Å². The van der Waals surface area contributed by atoms with Crippen molar-refractivity contribution in [2.24, 2.45) is 28.7 Å². The number of carbonyl (C=O) groups excluding carboxylic acids is 1. The fraction of sp³-hybridized carbons (Fsp3) is 0.333. The van der Waals surface area contributed by atoms with E-state index in [9.17, 15) is 19.5 Å². The molecular weight excluding hydrogens is 638 g/mol. The summed E-state index contributed by atoms with van der Waals surface area (Å²) >= 11 is 0. The van der Waals surface area contributed by atoms with Crippen LogP contribution in [0, 0.1) is 5.41 Å². The van der Waals surface area contributed by atoms with Gasteiger partial charge in [-0.3, -0.25) is 15.0 Å². The van der Waals surface area contributed by atoms with Crippen LogP contribution in [0.3, 0.4) is 0 Å². The molecular formula is C33H48ClN9O5. The third-order valence-electron chi connectivity index (χ3n) is 7.14. The Morgan fingerprint density at radius 3 is 2.12 bits per heavy atom. The summed E-state index contributed by atoms with van der Waals surface area (Å²) in [6.45, 7) is 1.13. The largest absolute Gasteiger partial charge is 0.480 e. The predicted octanol–water partition coefficient (Wildman–Crippen LogP) is 2.44. The number of aliphatic carboxylic acids is 2. The summed E-state index contributed by atoms with van der Waals surface area (Å²) in [6.07, 6.45) is 5.64. The van der Waals surface area contributed by atoms with Crippen molar-refractivity contribution in [3.8, 4) is 0 Å². The first-order valence-corrected chi connectivity index (χ1v) is 15.3. The van der Waals surface area contributed by atoms with Gasteiger partial charge in [0.15, 0.2) is 5.96 Å². The Labute approximate surface area is 285 Å². The molecule has 262 valence electrons. The van der Waals surface area contributed by atoms with Crippen molar-refractivity contribution >= 4 is 63.6 Å². The number of hydrogen-bond donors (Lipinski definition) is 11. The van der Waals surface area contributed by atoms with Crippen LogP contribution in [-0.4, -0.2) is 70.2 Å². The standard InChI is InChI=1S/C16H20N4O2.C11H12N2O2.C6H15N3O.ClH/c17-16(18)19-9-3-6-14(15(21)22)20-13-8-7-11-4-1-2-5-12(11)10-13;12-9(11(14)15)5-7-6-13-10-4-2-1-3-8(7)10;7-4-2-1-3-5(8)6(9)10;/h1-2,4-5,7-8,10,14,20H,3,6,9H2,(H,21,22)(H4,17,18,19);1-4,6,9,13H,5,12H2,(H,14,15);5H,1-4,7-8H2,(H2,9,10);1H. The lowest BCUT2D eigenvalue weighted by molar-refractivity contribution is -0.139. The van der Waals surface area contributed by atoms with E-state index in [0.717, 1.165) is 45.8 Å². The molecule has 14 nitrogen and oxygen atoms in total. The van der Waals surface area contributed by atoms with Gasteiger partial charge in [0.1, 0.15) is 12.1 Å². The van der Waals surface area contributed by atoms with Gasteiger partial charge < -0.3 is 54.5 Å². The lowest BCUT2D eigenvalue weighted by atomic mass is 10.1. The third-order valence-corrected chi connectivity index (χ3v) is 7.14. The highest BCUT2D eigenvalue weighted by Crippen LogP contribution is 2.20. The molecule has 3 aromatic carbocycles. The number of H-pyrrole nitrogens is 1. The Morgan fingerprint density at radius 2 is 1.50 bits per heavy atom. The van der Waals surface area contributed by atoms with Gasteiger partial charge in [0.25, 0.3) is 0 Å². The number of aromatic amines is 1. The number of carbonyl (C=O) groups is 3. The van der Waals surface area contributed by atoms with Crippen LogP contribution in [0.1, 0.15) is 37.7 Å². The smallest absolute Gasteiger partial charge is 0.326 e. The van der Waals surface area contributed by atoms with Crippen LogP contribution in [0.15, 0.2) is 72.9 Å². The normalized spacial score (nSPS) is 12.1. The molecule has 3 unspecified atom stereocenters. The molecule has 4 aromatic rings. The molecule has 48 heavy (non-hydrogen) atoms. The highest BCUT2D eigenvalue weighted by Gasteiger charge is 2.17. The van der Waals surface area contributed by atoms with Crippen LogP contribution < -0.4 is 39.3 Å². The number of guanidine groups is 1. The molecule has 0 aliphatic heterocycles. The average molecular weight is 686 g/mol. The maximum atomic E-state index is 11.3. The van der Waals surface area contributed by atoms with Crippen LogP contribution in [-0.2, 0) is 20.8 Å².